The molecule has 2 saturated heterocycles. The van der Waals surface area contributed by atoms with E-state index in [9.17, 15) is 19.5 Å². The highest BCUT2D eigenvalue weighted by Crippen LogP contribution is 2.35. The molecule has 2 heterocycles. The van der Waals surface area contributed by atoms with E-state index in [1.54, 1.807) is 6.92 Å². The van der Waals surface area contributed by atoms with Crippen molar-refractivity contribution in [2.24, 2.45) is 0 Å². The Balaban J connectivity index is 1.75. The van der Waals surface area contributed by atoms with E-state index in [-0.39, 0.29) is 36.1 Å². The smallest absolute Gasteiger partial charge is 0.306 e. The van der Waals surface area contributed by atoms with Gasteiger partial charge in [0.25, 0.3) is 5.24 Å². The lowest BCUT2D eigenvalue weighted by molar-refractivity contribution is -0.279. The van der Waals surface area contributed by atoms with E-state index in [1.165, 1.54) is 0 Å². The zero-order valence-corrected chi connectivity index (χ0v) is 18.5. The van der Waals surface area contributed by atoms with Crippen molar-refractivity contribution in [2.75, 3.05) is 18.8 Å². The average molecular weight is 431 g/mol. The standard InChI is InChI=1S/C20H34N2O6S/c1-4-5-9-22(15(3)23)10-7-6-8-18(24)27-16-11-14(2)28-20(26,12-16)17-13-29-19(25)21-17/h14,16-17,26H,4-13H2,1-3H3,(H,21,25)/t14?,16-,17+,20-/m1/s1. The van der Waals surface area contributed by atoms with Crippen molar-refractivity contribution in [2.45, 2.75) is 89.8 Å². The van der Waals surface area contributed by atoms with Gasteiger partial charge in [0, 0.05) is 45.0 Å². The molecule has 1 unspecified atom stereocenters. The molecule has 2 fully saturated rings. The Bertz CT molecular complexity index is 589. The zero-order valence-electron chi connectivity index (χ0n) is 17.6. The Morgan fingerprint density at radius 3 is 2.69 bits per heavy atom. The van der Waals surface area contributed by atoms with Crippen LogP contribution in [-0.2, 0) is 19.1 Å². The maximum absolute atomic E-state index is 12.3. The fraction of sp³-hybridized carbons (Fsp3) is 0.850. The van der Waals surface area contributed by atoms with Crippen LogP contribution in [0.15, 0.2) is 0 Å². The van der Waals surface area contributed by atoms with Crippen LogP contribution in [-0.4, -0.2) is 70.0 Å². The molecule has 0 aromatic heterocycles. The first-order valence-electron chi connectivity index (χ1n) is 10.5. The molecule has 2 aliphatic heterocycles. The molecule has 166 valence electrons. The lowest BCUT2D eigenvalue weighted by Crippen LogP contribution is -2.58. The number of unbranched alkanes of at least 4 members (excludes halogenated alkanes) is 2. The van der Waals surface area contributed by atoms with Crippen LogP contribution in [0.3, 0.4) is 0 Å². The maximum atomic E-state index is 12.3. The van der Waals surface area contributed by atoms with E-state index in [1.807, 2.05) is 11.8 Å². The fourth-order valence-corrected chi connectivity index (χ4v) is 4.65. The van der Waals surface area contributed by atoms with Gasteiger partial charge in [-0.25, -0.2) is 0 Å². The van der Waals surface area contributed by atoms with Crippen molar-refractivity contribution in [3.63, 3.8) is 0 Å². The molecule has 2 amide bonds. The number of nitrogens with one attached hydrogen (secondary N) is 1. The summed E-state index contributed by atoms with van der Waals surface area (Å²) in [6.45, 7) is 6.89. The van der Waals surface area contributed by atoms with Crippen molar-refractivity contribution >= 4 is 28.9 Å². The van der Waals surface area contributed by atoms with Crippen molar-refractivity contribution in [3.05, 3.63) is 0 Å². The first-order chi connectivity index (χ1) is 13.7. The highest BCUT2D eigenvalue weighted by atomic mass is 32.2. The van der Waals surface area contributed by atoms with Gasteiger partial charge in [-0.1, -0.05) is 25.1 Å². The molecule has 0 saturated carbocycles. The monoisotopic (exact) mass is 430 g/mol. The van der Waals surface area contributed by atoms with E-state index < -0.39 is 17.9 Å². The van der Waals surface area contributed by atoms with Crippen LogP contribution in [0.4, 0.5) is 4.79 Å². The van der Waals surface area contributed by atoms with Crippen molar-refractivity contribution < 1.29 is 29.0 Å². The molecule has 0 spiro atoms. The van der Waals surface area contributed by atoms with Crippen molar-refractivity contribution in [1.29, 1.82) is 0 Å². The third kappa shape index (κ3) is 7.46. The molecule has 9 heteroatoms. The molecular formula is C20H34N2O6S. The maximum Gasteiger partial charge on any atom is 0.306 e. The van der Waals surface area contributed by atoms with E-state index in [4.69, 9.17) is 9.47 Å². The average Bonchev–Trinajstić information content (AvgIpc) is 3.07. The van der Waals surface area contributed by atoms with Gasteiger partial charge < -0.3 is 24.8 Å². The minimum absolute atomic E-state index is 0.0636. The molecule has 2 rings (SSSR count). The van der Waals surface area contributed by atoms with Crippen molar-refractivity contribution in [3.8, 4) is 0 Å². The molecular weight excluding hydrogens is 396 g/mol. The quantitative estimate of drug-likeness (QED) is 0.405. The minimum atomic E-state index is -1.52. The summed E-state index contributed by atoms with van der Waals surface area (Å²) in [5.41, 5.74) is 0. The molecule has 2 N–H and O–H groups in total. The van der Waals surface area contributed by atoms with Gasteiger partial charge in [-0.2, -0.15) is 0 Å². The molecule has 0 radical (unpaired) electrons. The molecule has 4 atom stereocenters. The summed E-state index contributed by atoms with van der Waals surface area (Å²) < 4.78 is 11.3. The van der Waals surface area contributed by atoms with Crippen LogP contribution in [0.2, 0.25) is 0 Å². The lowest BCUT2D eigenvalue weighted by atomic mass is 9.94. The molecule has 29 heavy (non-hydrogen) atoms. The second-order valence-electron chi connectivity index (χ2n) is 7.94. The van der Waals surface area contributed by atoms with E-state index in [0.717, 1.165) is 37.6 Å². The number of hydrogen-bond donors (Lipinski definition) is 2. The third-order valence-corrected chi connectivity index (χ3v) is 6.20. The fourth-order valence-electron chi connectivity index (χ4n) is 3.76. The first kappa shape index (κ1) is 24.0. The Hall–Kier alpha value is -1.32. The molecule has 0 aromatic rings. The van der Waals surface area contributed by atoms with E-state index in [2.05, 4.69) is 12.2 Å². The molecule has 0 bridgehead atoms. The number of carbonyl (C=O) groups excluding carboxylic acids is 3. The number of carbonyl (C=O) groups is 3. The molecule has 8 nitrogen and oxygen atoms in total. The highest BCUT2D eigenvalue weighted by molar-refractivity contribution is 8.14. The number of thioether (sulfide) groups is 1. The number of hydrogen-bond acceptors (Lipinski definition) is 7. The summed E-state index contributed by atoms with van der Waals surface area (Å²) >= 11 is 1.11. The summed E-state index contributed by atoms with van der Waals surface area (Å²) in [5, 5.41) is 13.4. The van der Waals surface area contributed by atoms with Gasteiger partial charge in [0.15, 0.2) is 5.79 Å². The first-order valence-corrected chi connectivity index (χ1v) is 11.5. The van der Waals surface area contributed by atoms with Crippen molar-refractivity contribution in [1.82, 2.24) is 10.2 Å². The van der Waals surface area contributed by atoms with Gasteiger partial charge in [0.1, 0.15) is 6.10 Å². The summed E-state index contributed by atoms with van der Waals surface area (Å²) in [6.07, 6.45) is 3.61. The topological polar surface area (TPSA) is 105 Å². The van der Waals surface area contributed by atoms with Gasteiger partial charge >= 0.3 is 5.97 Å². The predicted molar refractivity (Wildman–Crippen MR) is 110 cm³/mol. The molecule has 2 aliphatic rings. The predicted octanol–water partition coefficient (Wildman–Crippen LogP) is 2.43. The van der Waals surface area contributed by atoms with Gasteiger partial charge in [0.05, 0.1) is 12.1 Å². The van der Waals surface area contributed by atoms with Crippen LogP contribution in [0.5, 0.6) is 0 Å². The third-order valence-electron chi connectivity index (χ3n) is 5.32. The second kappa shape index (κ2) is 11.2. The van der Waals surface area contributed by atoms with Gasteiger partial charge in [-0.3, -0.25) is 14.4 Å². The highest BCUT2D eigenvalue weighted by Gasteiger charge is 2.48. The largest absolute Gasteiger partial charge is 0.462 e. The SMILES string of the molecule is CCCCN(CCCCC(=O)O[C@@H]1CC(C)O[C@@](O)([C@@H]2CSC(=O)N2)C1)C(C)=O. The molecule has 0 aliphatic carbocycles. The number of aliphatic hydroxyl groups is 1. The minimum Gasteiger partial charge on any atom is -0.462 e. The van der Waals surface area contributed by atoms with Crippen LogP contribution in [0.1, 0.15) is 65.7 Å². The summed E-state index contributed by atoms with van der Waals surface area (Å²) in [5.74, 6) is -1.34. The normalized spacial score (nSPS) is 29.4. The van der Waals surface area contributed by atoms with Crippen LogP contribution >= 0.6 is 11.8 Å². The lowest BCUT2D eigenvalue weighted by Gasteiger charge is -2.42. The summed E-state index contributed by atoms with van der Waals surface area (Å²) in [4.78, 5) is 37.2. The summed E-state index contributed by atoms with van der Waals surface area (Å²) in [6, 6.07) is -0.510. The van der Waals surface area contributed by atoms with Gasteiger partial charge in [0.2, 0.25) is 5.91 Å². The van der Waals surface area contributed by atoms with Gasteiger partial charge in [-0.15, -0.1) is 0 Å². The number of ether oxygens (including phenoxy) is 2. The molecule has 0 aromatic carbocycles. The number of rotatable bonds is 10. The number of esters is 1. The Labute approximate surface area is 177 Å². The van der Waals surface area contributed by atoms with Crippen LogP contribution < -0.4 is 5.32 Å². The summed E-state index contributed by atoms with van der Waals surface area (Å²) in [7, 11) is 0. The number of amides is 2. The van der Waals surface area contributed by atoms with E-state index >= 15 is 0 Å². The zero-order chi connectivity index (χ0) is 21.4. The second-order valence-corrected chi connectivity index (χ2v) is 8.93. The van der Waals surface area contributed by atoms with E-state index in [0.29, 0.717) is 25.1 Å². The van der Waals surface area contributed by atoms with Gasteiger partial charge in [-0.05, 0) is 26.2 Å². The van der Waals surface area contributed by atoms with Crippen LogP contribution in [0, 0.1) is 0 Å². The Kier molecular flexibility index (Phi) is 9.23. The Morgan fingerprint density at radius 1 is 1.34 bits per heavy atom. The van der Waals surface area contributed by atoms with Crippen LogP contribution in [0.25, 0.3) is 0 Å². The Morgan fingerprint density at radius 2 is 2.07 bits per heavy atom. The number of nitrogens with zero attached hydrogens (tertiary/aromatic N) is 1.